The molecule has 1 aliphatic rings. The van der Waals surface area contributed by atoms with Crippen molar-refractivity contribution in [2.24, 2.45) is 17.6 Å². The Morgan fingerprint density at radius 1 is 1.20 bits per heavy atom. The first-order valence-electron chi connectivity index (χ1n) is 8.57. The van der Waals surface area contributed by atoms with Gasteiger partial charge in [-0.25, -0.2) is 0 Å². The van der Waals surface area contributed by atoms with Crippen molar-refractivity contribution in [2.75, 3.05) is 40.3 Å². The molecule has 3 heteroatoms. The lowest BCUT2D eigenvalue weighted by molar-refractivity contribution is -0.0122. The molecule has 120 valence electrons. The maximum Gasteiger partial charge on any atom is 0.0362 e. The van der Waals surface area contributed by atoms with Gasteiger partial charge in [-0.3, -0.25) is 4.90 Å². The summed E-state index contributed by atoms with van der Waals surface area (Å²) in [6.45, 7) is 11.4. The molecule has 1 rings (SSSR count). The van der Waals surface area contributed by atoms with E-state index < -0.39 is 0 Å². The van der Waals surface area contributed by atoms with Crippen LogP contribution in [0.15, 0.2) is 0 Å². The molecule has 0 saturated heterocycles. The predicted molar refractivity (Wildman–Crippen MR) is 89.0 cm³/mol. The molecule has 0 heterocycles. The molecule has 0 aromatic heterocycles. The monoisotopic (exact) mass is 283 g/mol. The highest BCUT2D eigenvalue weighted by Crippen LogP contribution is 2.42. The Morgan fingerprint density at radius 2 is 1.90 bits per heavy atom. The quantitative estimate of drug-likeness (QED) is 0.743. The smallest absolute Gasteiger partial charge is 0.0362 e. The molecule has 0 spiro atoms. The molecule has 2 atom stereocenters. The number of rotatable bonds is 8. The van der Waals surface area contributed by atoms with Crippen molar-refractivity contribution >= 4 is 0 Å². The van der Waals surface area contributed by atoms with Gasteiger partial charge in [0.2, 0.25) is 0 Å². The average molecular weight is 284 g/mol. The van der Waals surface area contributed by atoms with Crippen molar-refractivity contribution in [3.63, 3.8) is 0 Å². The molecule has 0 aromatic rings. The second-order valence-electron chi connectivity index (χ2n) is 7.14. The molecule has 1 aliphatic carbocycles. The lowest BCUT2D eigenvalue weighted by Gasteiger charge is -2.52. The Hall–Kier alpha value is -0.120. The number of nitrogens with zero attached hydrogens (tertiary/aromatic N) is 2. The van der Waals surface area contributed by atoms with Crippen LogP contribution in [0.3, 0.4) is 0 Å². The van der Waals surface area contributed by atoms with E-state index in [4.69, 9.17) is 5.73 Å². The lowest BCUT2D eigenvalue weighted by Crippen LogP contribution is -2.61. The van der Waals surface area contributed by atoms with E-state index in [2.05, 4.69) is 44.7 Å². The van der Waals surface area contributed by atoms with Crippen LogP contribution in [0.1, 0.15) is 52.9 Å². The summed E-state index contributed by atoms with van der Waals surface area (Å²) < 4.78 is 0. The number of hydrogen-bond donors (Lipinski definition) is 1. The second kappa shape index (κ2) is 8.35. The molecule has 2 N–H and O–H groups in total. The highest BCUT2D eigenvalue weighted by atomic mass is 15.2. The van der Waals surface area contributed by atoms with E-state index in [1.165, 1.54) is 45.2 Å². The van der Waals surface area contributed by atoms with Gasteiger partial charge in [0.05, 0.1) is 0 Å². The average Bonchev–Trinajstić information content (AvgIpc) is 2.43. The molecule has 0 radical (unpaired) electrons. The van der Waals surface area contributed by atoms with E-state index in [9.17, 15) is 0 Å². The van der Waals surface area contributed by atoms with E-state index in [1.807, 2.05) is 0 Å². The summed E-state index contributed by atoms with van der Waals surface area (Å²) in [6.07, 6.45) is 6.64. The van der Waals surface area contributed by atoms with Crippen LogP contribution in [0.25, 0.3) is 0 Å². The Labute approximate surface area is 126 Å². The summed E-state index contributed by atoms with van der Waals surface area (Å²) in [5, 5.41) is 0. The molecule has 1 saturated carbocycles. The zero-order chi connectivity index (χ0) is 15.2. The van der Waals surface area contributed by atoms with Crippen LogP contribution in [-0.4, -0.2) is 55.6 Å². The van der Waals surface area contributed by atoms with Crippen molar-refractivity contribution in [3.05, 3.63) is 0 Å². The molecular formula is C17H37N3. The van der Waals surface area contributed by atoms with Crippen LogP contribution < -0.4 is 5.73 Å². The van der Waals surface area contributed by atoms with Gasteiger partial charge in [0.15, 0.2) is 0 Å². The number of nitrogens with two attached hydrogens (primary N) is 1. The highest BCUT2D eigenvalue weighted by molar-refractivity contribution is 5.00. The number of likely N-dealkylation sites (N-methyl/N-ethyl adjacent to an activating group) is 1. The van der Waals surface area contributed by atoms with Gasteiger partial charge in [-0.2, -0.15) is 0 Å². The first-order valence-corrected chi connectivity index (χ1v) is 8.57. The van der Waals surface area contributed by atoms with Crippen molar-refractivity contribution in [2.45, 2.75) is 58.4 Å². The van der Waals surface area contributed by atoms with Gasteiger partial charge in [-0.1, -0.05) is 33.6 Å². The number of hydrogen-bond acceptors (Lipinski definition) is 3. The largest absolute Gasteiger partial charge is 0.329 e. The minimum atomic E-state index is 0.257. The summed E-state index contributed by atoms with van der Waals surface area (Å²) in [4.78, 5) is 4.99. The second-order valence-corrected chi connectivity index (χ2v) is 7.14. The molecule has 3 nitrogen and oxygen atoms in total. The van der Waals surface area contributed by atoms with Gasteiger partial charge in [0, 0.05) is 12.1 Å². The molecule has 0 amide bonds. The van der Waals surface area contributed by atoms with Crippen molar-refractivity contribution < 1.29 is 0 Å². The van der Waals surface area contributed by atoms with Gasteiger partial charge in [-0.05, 0) is 64.8 Å². The van der Waals surface area contributed by atoms with Crippen LogP contribution in [0.5, 0.6) is 0 Å². The first kappa shape index (κ1) is 17.9. The molecule has 0 aliphatic heterocycles. The Bertz CT molecular complexity index is 265. The molecule has 2 unspecified atom stereocenters. The first-order chi connectivity index (χ1) is 9.47. The van der Waals surface area contributed by atoms with E-state index >= 15 is 0 Å². The van der Waals surface area contributed by atoms with Gasteiger partial charge in [-0.15, -0.1) is 0 Å². The topological polar surface area (TPSA) is 32.5 Å². The molecular weight excluding hydrogens is 246 g/mol. The standard InChI is InChI=1S/C17H37N3/c1-6-20(13-9-12-19(4)5)17(14-18)11-8-7-10-16(17)15(2)3/h15-16H,6-14,18H2,1-5H3. The lowest BCUT2D eigenvalue weighted by atomic mass is 9.66. The Balaban J connectivity index is 2.80. The van der Waals surface area contributed by atoms with Crippen LogP contribution in [0, 0.1) is 11.8 Å². The van der Waals surface area contributed by atoms with Crippen LogP contribution in [0.4, 0.5) is 0 Å². The van der Waals surface area contributed by atoms with E-state index in [1.54, 1.807) is 0 Å². The van der Waals surface area contributed by atoms with E-state index in [-0.39, 0.29) is 5.54 Å². The van der Waals surface area contributed by atoms with Gasteiger partial charge >= 0.3 is 0 Å². The van der Waals surface area contributed by atoms with Crippen LogP contribution in [-0.2, 0) is 0 Å². The normalized spacial score (nSPS) is 27.8. The van der Waals surface area contributed by atoms with Gasteiger partial charge in [0.1, 0.15) is 0 Å². The third-order valence-electron chi connectivity index (χ3n) is 5.27. The zero-order valence-corrected chi connectivity index (χ0v) is 14.5. The fraction of sp³-hybridized carbons (Fsp3) is 1.00. The van der Waals surface area contributed by atoms with Gasteiger partial charge in [0.25, 0.3) is 0 Å². The SMILES string of the molecule is CCN(CCCN(C)C)C1(CN)CCCCC1C(C)C. The summed E-state index contributed by atoms with van der Waals surface area (Å²) in [7, 11) is 4.32. The maximum atomic E-state index is 6.32. The van der Waals surface area contributed by atoms with Crippen molar-refractivity contribution in [1.29, 1.82) is 0 Å². The summed E-state index contributed by atoms with van der Waals surface area (Å²) >= 11 is 0. The fourth-order valence-electron chi connectivity index (χ4n) is 4.25. The molecule has 20 heavy (non-hydrogen) atoms. The Kier molecular flexibility index (Phi) is 7.49. The predicted octanol–water partition coefficient (Wildman–Crippen LogP) is 2.80. The minimum Gasteiger partial charge on any atom is -0.329 e. The third kappa shape index (κ3) is 4.19. The summed E-state index contributed by atoms with van der Waals surface area (Å²) in [6, 6.07) is 0. The summed E-state index contributed by atoms with van der Waals surface area (Å²) in [5.74, 6) is 1.50. The van der Waals surface area contributed by atoms with Crippen LogP contribution in [0.2, 0.25) is 0 Å². The zero-order valence-electron chi connectivity index (χ0n) is 14.5. The van der Waals surface area contributed by atoms with Crippen molar-refractivity contribution in [1.82, 2.24) is 9.80 Å². The maximum absolute atomic E-state index is 6.32. The highest BCUT2D eigenvalue weighted by Gasteiger charge is 2.44. The van der Waals surface area contributed by atoms with Gasteiger partial charge < -0.3 is 10.6 Å². The summed E-state index contributed by atoms with van der Waals surface area (Å²) in [5.41, 5.74) is 6.58. The van der Waals surface area contributed by atoms with E-state index in [0.29, 0.717) is 0 Å². The van der Waals surface area contributed by atoms with E-state index in [0.717, 1.165) is 24.9 Å². The van der Waals surface area contributed by atoms with Crippen molar-refractivity contribution in [3.8, 4) is 0 Å². The molecule has 0 aromatic carbocycles. The minimum absolute atomic E-state index is 0.257. The third-order valence-corrected chi connectivity index (χ3v) is 5.27. The fourth-order valence-corrected chi connectivity index (χ4v) is 4.25. The molecule has 1 fully saturated rings. The molecule has 0 bridgehead atoms. The Morgan fingerprint density at radius 3 is 2.40 bits per heavy atom. The van der Waals surface area contributed by atoms with Crippen LogP contribution >= 0.6 is 0 Å².